The number of ether oxygens (including phenoxy) is 2. The predicted molar refractivity (Wildman–Crippen MR) is 93.0 cm³/mol. The lowest BCUT2D eigenvalue weighted by molar-refractivity contribution is -0.149. The molecule has 0 unspecified atom stereocenters. The van der Waals surface area contributed by atoms with Crippen molar-refractivity contribution in [3.63, 3.8) is 0 Å². The molecule has 2 amide bonds. The number of piperidine rings is 1. The molecule has 0 aliphatic carbocycles. The summed E-state index contributed by atoms with van der Waals surface area (Å²) in [7, 11) is 0. The largest absolute Gasteiger partial charge is 0.376 e. The van der Waals surface area contributed by atoms with Gasteiger partial charge in [-0.25, -0.2) is 0 Å². The lowest BCUT2D eigenvalue weighted by Gasteiger charge is -2.32. The van der Waals surface area contributed by atoms with Crippen LogP contribution in [0.15, 0.2) is 30.3 Å². The van der Waals surface area contributed by atoms with Crippen LogP contribution in [0.1, 0.15) is 18.4 Å². The zero-order valence-corrected chi connectivity index (χ0v) is 14.5. The van der Waals surface area contributed by atoms with Crippen LogP contribution in [0.2, 0.25) is 0 Å². The number of amides is 2. The second-order valence-corrected chi connectivity index (χ2v) is 6.67. The van der Waals surface area contributed by atoms with Crippen LogP contribution in [0, 0.1) is 5.92 Å². The Morgan fingerprint density at radius 2 is 1.88 bits per heavy atom. The minimum Gasteiger partial charge on any atom is -0.376 e. The summed E-state index contributed by atoms with van der Waals surface area (Å²) in [6.45, 7) is 2.74. The molecule has 25 heavy (non-hydrogen) atoms. The third-order valence-electron chi connectivity index (χ3n) is 4.86. The molecule has 3 rings (SSSR count). The molecule has 0 saturated carbocycles. The van der Waals surface area contributed by atoms with Crippen LogP contribution in [0.5, 0.6) is 0 Å². The summed E-state index contributed by atoms with van der Waals surface area (Å²) in [5.41, 5.74) is 1.36. The van der Waals surface area contributed by atoms with Crippen LogP contribution in [0.3, 0.4) is 0 Å². The quantitative estimate of drug-likeness (QED) is 0.864. The van der Waals surface area contributed by atoms with Gasteiger partial charge in [-0.15, -0.1) is 0 Å². The normalized spacial score (nSPS) is 21.8. The second kappa shape index (κ2) is 8.97. The Morgan fingerprint density at radius 1 is 1.12 bits per heavy atom. The summed E-state index contributed by atoms with van der Waals surface area (Å²) >= 11 is 0. The molecule has 136 valence electrons. The highest BCUT2D eigenvalue weighted by molar-refractivity contribution is 5.87. The van der Waals surface area contributed by atoms with E-state index in [9.17, 15) is 9.59 Å². The van der Waals surface area contributed by atoms with Crippen molar-refractivity contribution in [1.82, 2.24) is 10.2 Å². The average molecular weight is 346 g/mol. The van der Waals surface area contributed by atoms with E-state index in [0.717, 1.165) is 32.4 Å². The molecule has 1 aromatic rings. The van der Waals surface area contributed by atoms with E-state index in [4.69, 9.17) is 9.47 Å². The van der Waals surface area contributed by atoms with Crippen molar-refractivity contribution in [1.29, 1.82) is 0 Å². The Hall–Kier alpha value is -1.92. The van der Waals surface area contributed by atoms with Gasteiger partial charge in [-0.05, 0) is 30.7 Å². The van der Waals surface area contributed by atoms with Crippen LogP contribution in [-0.4, -0.2) is 62.3 Å². The number of hydrogen-bond acceptors (Lipinski definition) is 4. The number of nitrogens with zero attached hydrogens (tertiary/aromatic N) is 1. The molecule has 2 aliphatic heterocycles. The van der Waals surface area contributed by atoms with Gasteiger partial charge in [0.25, 0.3) is 5.91 Å². The maximum atomic E-state index is 12.3. The number of benzene rings is 1. The summed E-state index contributed by atoms with van der Waals surface area (Å²) < 4.78 is 10.5. The number of carbonyl (C=O) groups excluding carboxylic acids is 2. The molecule has 2 saturated heterocycles. The molecule has 0 spiro atoms. The molecule has 0 bridgehead atoms. The monoisotopic (exact) mass is 346 g/mol. The van der Waals surface area contributed by atoms with E-state index in [1.165, 1.54) is 5.56 Å². The number of carbonyl (C=O) groups is 2. The van der Waals surface area contributed by atoms with Gasteiger partial charge in [0.2, 0.25) is 5.91 Å². The smallest absolute Gasteiger partial charge is 0.251 e. The number of hydrogen-bond donors (Lipinski definition) is 1. The molecule has 1 N–H and O–H groups in total. The molecule has 2 heterocycles. The summed E-state index contributed by atoms with van der Waals surface area (Å²) in [6.07, 6.45) is 2.49. The van der Waals surface area contributed by atoms with Crippen molar-refractivity contribution in [2.24, 2.45) is 5.92 Å². The Labute approximate surface area is 148 Å². The van der Waals surface area contributed by atoms with E-state index in [-0.39, 0.29) is 25.0 Å². The van der Waals surface area contributed by atoms with Gasteiger partial charge in [-0.2, -0.15) is 0 Å². The fourth-order valence-corrected chi connectivity index (χ4v) is 3.36. The summed E-state index contributed by atoms with van der Waals surface area (Å²) in [5.74, 6) is 0.323. The molecular formula is C19H26N2O4. The van der Waals surface area contributed by atoms with Gasteiger partial charge in [0, 0.05) is 13.1 Å². The van der Waals surface area contributed by atoms with Gasteiger partial charge < -0.3 is 19.7 Å². The SMILES string of the molecule is O=C(NCC(=O)N1CCC(Cc2ccccc2)CC1)[C@H]1COCCO1. The average Bonchev–Trinajstić information content (AvgIpc) is 2.68. The maximum Gasteiger partial charge on any atom is 0.251 e. The van der Waals surface area contributed by atoms with Crippen molar-refractivity contribution < 1.29 is 19.1 Å². The first-order valence-corrected chi connectivity index (χ1v) is 9.01. The van der Waals surface area contributed by atoms with E-state index < -0.39 is 6.10 Å². The van der Waals surface area contributed by atoms with Crippen LogP contribution in [0.4, 0.5) is 0 Å². The van der Waals surface area contributed by atoms with Gasteiger partial charge in [-0.1, -0.05) is 30.3 Å². The first-order valence-electron chi connectivity index (χ1n) is 9.01. The van der Waals surface area contributed by atoms with Gasteiger partial charge >= 0.3 is 0 Å². The third kappa shape index (κ3) is 5.28. The fourth-order valence-electron chi connectivity index (χ4n) is 3.36. The first kappa shape index (κ1) is 17.9. The Morgan fingerprint density at radius 3 is 2.56 bits per heavy atom. The van der Waals surface area contributed by atoms with Crippen LogP contribution >= 0.6 is 0 Å². The third-order valence-corrected chi connectivity index (χ3v) is 4.86. The summed E-state index contributed by atoms with van der Waals surface area (Å²) in [4.78, 5) is 26.1. The number of rotatable bonds is 5. The highest BCUT2D eigenvalue weighted by Crippen LogP contribution is 2.21. The molecule has 2 fully saturated rings. The maximum absolute atomic E-state index is 12.3. The van der Waals surface area contributed by atoms with E-state index in [2.05, 4.69) is 29.6 Å². The number of nitrogens with one attached hydrogen (secondary N) is 1. The summed E-state index contributed by atoms with van der Waals surface area (Å²) in [6, 6.07) is 10.5. The summed E-state index contributed by atoms with van der Waals surface area (Å²) in [5, 5.41) is 2.67. The van der Waals surface area contributed by atoms with Crippen molar-refractivity contribution >= 4 is 11.8 Å². The van der Waals surface area contributed by atoms with Gasteiger partial charge in [0.1, 0.15) is 0 Å². The Bertz CT molecular complexity index is 564. The standard InChI is InChI=1S/C19H26N2O4/c22-18(13-20-19(23)17-14-24-10-11-25-17)21-8-6-16(7-9-21)12-15-4-2-1-3-5-15/h1-5,16-17H,6-14H2,(H,20,23)/t17-/m1/s1. The molecule has 2 aliphatic rings. The van der Waals surface area contributed by atoms with E-state index in [0.29, 0.717) is 19.1 Å². The molecule has 0 radical (unpaired) electrons. The van der Waals surface area contributed by atoms with Crippen molar-refractivity contribution in [3.05, 3.63) is 35.9 Å². The molecular weight excluding hydrogens is 320 g/mol. The van der Waals surface area contributed by atoms with E-state index in [1.54, 1.807) is 0 Å². The zero-order valence-electron chi connectivity index (χ0n) is 14.5. The molecule has 0 aromatic heterocycles. The van der Waals surface area contributed by atoms with Crippen LogP contribution in [0.25, 0.3) is 0 Å². The van der Waals surface area contributed by atoms with E-state index >= 15 is 0 Å². The molecule has 1 atom stereocenters. The van der Waals surface area contributed by atoms with Gasteiger partial charge in [0.15, 0.2) is 6.10 Å². The zero-order chi connectivity index (χ0) is 17.5. The lowest BCUT2D eigenvalue weighted by Crippen LogP contribution is -2.48. The highest BCUT2D eigenvalue weighted by Gasteiger charge is 2.26. The van der Waals surface area contributed by atoms with Crippen molar-refractivity contribution in [2.75, 3.05) is 39.5 Å². The van der Waals surface area contributed by atoms with Crippen LogP contribution < -0.4 is 5.32 Å². The number of likely N-dealkylation sites (tertiary alicyclic amines) is 1. The Kier molecular flexibility index (Phi) is 6.42. The van der Waals surface area contributed by atoms with Gasteiger partial charge in [0.05, 0.1) is 26.4 Å². The molecule has 6 heteroatoms. The van der Waals surface area contributed by atoms with E-state index in [1.807, 2.05) is 11.0 Å². The minimum atomic E-state index is -0.599. The lowest BCUT2D eigenvalue weighted by atomic mass is 9.90. The topological polar surface area (TPSA) is 67.9 Å². The van der Waals surface area contributed by atoms with Crippen molar-refractivity contribution in [2.45, 2.75) is 25.4 Å². The Balaban J connectivity index is 1.37. The fraction of sp³-hybridized carbons (Fsp3) is 0.579. The molecule has 1 aromatic carbocycles. The second-order valence-electron chi connectivity index (χ2n) is 6.67. The highest BCUT2D eigenvalue weighted by atomic mass is 16.6. The molecule has 6 nitrogen and oxygen atoms in total. The van der Waals surface area contributed by atoms with Crippen molar-refractivity contribution in [3.8, 4) is 0 Å². The minimum absolute atomic E-state index is 0.0248. The van der Waals surface area contributed by atoms with Crippen LogP contribution in [-0.2, 0) is 25.5 Å². The van der Waals surface area contributed by atoms with Gasteiger partial charge in [-0.3, -0.25) is 9.59 Å². The first-order chi connectivity index (χ1) is 12.2. The predicted octanol–water partition coefficient (Wildman–Crippen LogP) is 0.999.